The number of ether oxygens (including phenoxy) is 1. The van der Waals surface area contributed by atoms with E-state index >= 15 is 0 Å². The van der Waals surface area contributed by atoms with E-state index in [1.54, 1.807) is 12.1 Å². The number of carbonyl (C=O) groups excluding carboxylic acids is 1. The third-order valence-electron chi connectivity index (χ3n) is 3.45. The highest BCUT2D eigenvalue weighted by atomic mass is 16.5. The minimum absolute atomic E-state index is 0.0207. The van der Waals surface area contributed by atoms with E-state index in [-0.39, 0.29) is 30.0 Å². The molecule has 1 aromatic rings. The van der Waals surface area contributed by atoms with Gasteiger partial charge in [0.25, 0.3) is 0 Å². The van der Waals surface area contributed by atoms with Gasteiger partial charge in [-0.2, -0.15) is 0 Å². The summed E-state index contributed by atoms with van der Waals surface area (Å²) >= 11 is 0. The maximum absolute atomic E-state index is 11.9. The maximum atomic E-state index is 11.9. The fourth-order valence-corrected chi connectivity index (χ4v) is 2.39. The van der Waals surface area contributed by atoms with E-state index in [9.17, 15) is 9.59 Å². The van der Waals surface area contributed by atoms with Gasteiger partial charge in [0, 0.05) is 6.61 Å². The van der Waals surface area contributed by atoms with Crippen LogP contribution in [0.3, 0.4) is 0 Å². The van der Waals surface area contributed by atoms with Gasteiger partial charge >= 0.3 is 5.97 Å². The number of rotatable bonds is 5. The van der Waals surface area contributed by atoms with Crippen LogP contribution in [0.25, 0.3) is 0 Å². The molecule has 1 aliphatic heterocycles. The highest BCUT2D eigenvalue weighted by Gasteiger charge is 2.23. The summed E-state index contributed by atoms with van der Waals surface area (Å²) in [6.45, 7) is 2.69. The summed E-state index contributed by atoms with van der Waals surface area (Å²) in [5.41, 5.74) is 0.893. The van der Waals surface area contributed by atoms with Crippen molar-refractivity contribution < 1.29 is 19.4 Å². The second kappa shape index (κ2) is 6.52. The average molecular weight is 277 g/mol. The van der Waals surface area contributed by atoms with E-state index in [2.05, 4.69) is 5.32 Å². The molecule has 2 unspecified atom stereocenters. The minimum atomic E-state index is -0.986. The molecule has 0 aliphatic carbocycles. The van der Waals surface area contributed by atoms with E-state index in [1.165, 1.54) is 12.1 Å². The van der Waals surface area contributed by atoms with Gasteiger partial charge < -0.3 is 15.2 Å². The monoisotopic (exact) mass is 277 g/mol. The number of hydrogen-bond acceptors (Lipinski definition) is 3. The second-order valence-electron chi connectivity index (χ2n) is 5.09. The first kappa shape index (κ1) is 14.5. The van der Waals surface area contributed by atoms with Crippen molar-refractivity contribution in [2.45, 2.75) is 38.3 Å². The zero-order chi connectivity index (χ0) is 14.5. The molecule has 5 nitrogen and oxygen atoms in total. The molecule has 0 bridgehead atoms. The van der Waals surface area contributed by atoms with Crippen LogP contribution in [-0.2, 0) is 16.0 Å². The van der Waals surface area contributed by atoms with Crippen molar-refractivity contribution >= 4 is 11.9 Å². The minimum Gasteiger partial charge on any atom is -0.478 e. The number of benzene rings is 1. The van der Waals surface area contributed by atoms with Gasteiger partial charge in [0.15, 0.2) is 0 Å². The van der Waals surface area contributed by atoms with Gasteiger partial charge in [0.1, 0.15) is 0 Å². The van der Waals surface area contributed by atoms with Crippen molar-refractivity contribution in [3.63, 3.8) is 0 Å². The lowest BCUT2D eigenvalue weighted by molar-refractivity contribution is -0.121. The van der Waals surface area contributed by atoms with E-state index in [0.717, 1.165) is 19.4 Å². The molecule has 1 fully saturated rings. The Labute approximate surface area is 117 Å². The van der Waals surface area contributed by atoms with Crippen LogP contribution in [0.2, 0.25) is 0 Å². The van der Waals surface area contributed by atoms with Crippen LogP contribution >= 0.6 is 0 Å². The zero-order valence-electron chi connectivity index (χ0n) is 11.5. The van der Waals surface area contributed by atoms with Crippen LogP contribution in [0.15, 0.2) is 24.3 Å². The first-order valence-electron chi connectivity index (χ1n) is 6.79. The zero-order valence-corrected chi connectivity index (χ0v) is 11.5. The molecule has 1 aromatic carbocycles. The Hall–Kier alpha value is -1.88. The molecular weight excluding hydrogens is 258 g/mol. The van der Waals surface area contributed by atoms with E-state index in [0.29, 0.717) is 5.56 Å². The van der Waals surface area contributed by atoms with Gasteiger partial charge in [0.05, 0.1) is 24.1 Å². The van der Waals surface area contributed by atoms with Crippen molar-refractivity contribution in [1.29, 1.82) is 0 Å². The van der Waals surface area contributed by atoms with Crippen molar-refractivity contribution in [2.75, 3.05) is 6.61 Å². The van der Waals surface area contributed by atoms with Crippen LogP contribution in [-0.4, -0.2) is 35.7 Å². The van der Waals surface area contributed by atoms with Crippen molar-refractivity contribution in [3.8, 4) is 0 Å². The summed E-state index contributed by atoms with van der Waals surface area (Å²) in [4.78, 5) is 22.8. The standard InChI is InChI=1S/C15H19NO4/c1-10(13-6-3-7-20-13)16-14(17)9-11-4-2-5-12(8-11)15(18)19/h2,4-5,8,10,13H,3,6-7,9H2,1H3,(H,16,17)(H,18,19). The fourth-order valence-electron chi connectivity index (χ4n) is 2.39. The molecule has 1 heterocycles. The summed E-state index contributed by atoms with van der Waals surface area (Å²) in [5.74, 6) is -1.10. The summed E-state index contributed by atoms with van der Waals surface area (Å²) in [5, 5.41) is 11.8. The Balaban J connectivity index is 1.90. The van der Waals surface area contributed by atoms with Crippen molar-refractivity contribution in [1.82, 2.24) is 5.32 Å². The molecule has 1 saturated heterocycles. The van der Waals surface area contributed by atoms with Gasteiger partial charge in [0.2, 0.25) is 5.91 Å². The number of nitrogens with one attached hydrogen (secondary N) is 1. The molecule has 0 aromatic heterocycles. The normalized spacial score (nSPS) is 19.6. The van der Waals surface area contributed by atoms with Crippen LogP contribution in [0.5, 0.6) is 0 Å². The molecule has 1 amide bonds. The van der Waals surface area contributed by atoms with Gasteiger partial charge in [-0.1, -0.05) is 12.1 Å². The summed E-state index contributed by atoms with van der Waals surface area (Å²) in [6.07, 6.45) is 2.27. The molecule has 0 radical (unpaired) electrons. The molecule has 0 spiro atoms. The SMILES string of the molecule is CC(NC(=O)Cc1cccc(C(=O)O)c1)C1CCCO1. The first-order valence-corrected chi connectivity index (χ1v) is 6.79. The van der Waals surface area contributed by atoms with E-state index < -0.39 is 5.97 Å². The Morgan fingerprint density at radius 2 is 2.30 bits per heavy atom. The molecule has 5 heteroatoms. The number of hydrogen-bond donors (Lipinski definition) is 2. The summed E-state index contributed by atoms with van der Waals surface area (Å²) < 4.78 is 5.52. The molecular formula is C15H19NO4. The molecule has 2 rings (SSSR count). The number of carboxylic acid groups (broad SMARTS) is 1. The number of aromatic carboxylic acids is 1. The highest BCUT2D eigenvalue weighted by molar-refractivity contribution is 5.88. The lowest BCUT2D eigenvalue weighted by Crippen LogP contribution is -2.41. The predicted molar refractivity (Wildman–Crippen MR) is 73.7 cm³/mol. The molecule has 2 atom stereocenters. The smallest absolute Gasteiger partial charge is 0.335 e. The first-order chi connectivity index (χ1) is 9.56. The Bertz CT molecular complexity index is 494. The Kier molecular flexibility index (Phi) is 4.74. The largest absolute Gasteiger partial charge is 0.478 e. The Morgan fingerprint density at radius 3 is 2.95 bits per heavy atom. The second-order valence-corrected chi connectivity index (χ2v) is 5.09. The van der Waals surface area contributed by atoms with E-state index in [1.807, 2.05) is 6.92 Å². The predicted octanol–water partition coefficient (Wildman–Crippen LogP) is 1.61. The third-order valence-corrected chi connectivity index (χ3v) is 3.45. The van der Waals surface area contributed by atoms with Crippen LogP contribution in [0.1, 0.15) is 35.7 Å². The quantitative estimate of drug-likeness (QED) is 0.857. The average Bonchev–Trinajstić information content (AvgIpc) is 2.92. The van der Waals surface area contributed by atoms with Crippen molar-refractivity contribution in [2.24, 2.45) is 0 Å². The fraction of sp³-hybridized carbons (Fsp3) is 0.467. The van der Waals surface area contributed by atoms with Crippen LogP contribution in [0.4, 0.5) is 0 Å². The molecule has 0 saturated carbocycles. The van der Waals surface area contributed by atoms with Gasteiger partial charge in [-0.15, -0.1) is 0 Å². The molecule has 20 heavy (non-hydrogen) atoms. The van der Waals surface area contributed by atoms with E-state index in [4.69, 9.17) is 9.84 Å². The molecule has 1 aliphatic rings. The maximum Gasteiger partial charge on any atom is 0.335 e. The van der Waals surface area contributed by atoms with Crippen LogP contribution in [0, 0.1) is 0 Å². The Morgan fingerprint density at radius 1 is 1.50 bits per heavy atom. The number of amides is 1. The number of carbonyl (C=O) groups is 2. The van der Waals surface area contributed by atoms with Gasteiger partial charge in [-0.25, -0.2) is 4.79 Å². The van der Waals surface area contributed by atoms with Gasteiger partial charge in [-0.3, -0.25) is 4.79 Å². The summed E-state index contributed by atoms with van der Waals surface area (Å²) in [6, 6.07) is 6.42. The lowest BCUT2D eigenvalue weighted by Gasteiger charge is -2.20. The lowest BCUT2D eigenvalue weighted by atomic mass is 10.1. The molecule has 2 N–H and O–H groups in total. The molecule has 108 valence electrons. The number of carboxylic acids is 1. The van der Waals surface area contributed by atoms with Gasteiger partial charge in [-0.05, 0) is 37.5 Å². The summed E-state index contributed by atoms with van der Waals surface area (Å²) in [7, 11) is 0. The van der Waals surface area contributed by atoms with Crippen LogP contribution < -0.4 is 5.32 Å². The third kappa shape index (κ3) is 3.81. The van der Waals surface area contributed by atoms with Crippen molar-refractivity contribution in [3.05, 3.63) is 35.4 Å². The highest BCUT2D eigenvalue weighted by Crippen LogP contribution is 2.15. The topological polar surface area (TPSA) is 75.6 Å².